The van der Waals surface area contributed by atoms with Crippen LogP contribution in [0, 0.1) is 11.7 Å². The molecular weight excluding hydrogens is 305 g/mol. The number of halogens is 1. The van der Waals surface area contributed by atoms with Gasteiger partial charge in [0.15, 0.2) is 5.96 Å². The Morgan fingerprint density at radius 2 is 2.04 bits per heavy atom. The lowest BCUT2D eigenvalue weighted by atomic mass is 10.3. The molecule has 2 N–H and O–H groups in total. The van der Waals surface area contributed by atoms with E-state index in [0.29, 0.717) is 0 Å². The molecule has 1 saturated carbocycles. The van der Waals surface area contributed by atoms with Gasteiger partial charge in [-0.3, -0.25) is 4.99 Å². The third-order valence-electron chi connectivity index (χ3n) is 3.96. The van der Waals surface area contributed by atoms with Crippen molar-refractivity contribution in [3.8, 4) is 5.69 Å². The fraction of sp³-hybridized carbons (Fsp3) is 0.444. The summed E-state index contributed by atoms with van der Waals surface area (Å²) in [5.41, 5.74) is 1.85. The van der Waals surface area contributed by atoms with Crippen LogP contribution in [0.2, 0.25) is 0 Å². The van der Waals surface area contributed by atoms with Gasteiger partial charge in [0.2, 0.25) is 0 Å². The number of nitrogens with one attached hydrogen (secondary N) is 2. The number of rotatable bonds is 7. The molecule has 1 heterocycles. The third-order valence-corrected chi connectivity index (χ3v) is 3.96. The van der Waals surface area contributed by atoms with Crippen molar-refractivity contribution in [2.75, 3.05) is 19.6 Å². The van der Waals surface area contributed by atoms with Crippen LogP contribution in [0.25, 0.3) is 5.69 Å². The predicted octanol–water partition coefficient (Wildman–Crippen LogP) is 2.52. The first-order chi connectivity index (χ1) is 11.7. The number of guanidine groups is 1. The van der Waals surface area contributed by atoms with E-state index in [9.17, 15) is 4.39 Å². The largest absolute Gasteiger partial charge is 0.357 e. The van der Waals surface area contributed by atoms with Gasteiger partial charge in [-0.25, -0.2) is 9.07 Å². The molecule has 0 bridgehead atoms. The van der Waals surface area contributed by atoms with E-state index >= 15 is 0 Å². The fourth-order valence-electron chi connectivity index (χ4n) is 2.40. The number of nitrogens with zero attached hydrogens (tertiary/aromatic N) is 3. The fourth-order valence-corrected chi connectivity index (χ4v) is 2.40. The zero-order valence-corrected chi connectivity index (χ0v) is 14.0. The second-order valence-electron chi connectivity index (χ2n) is 6.07. The first-order valence-electron chi connectivity index (χ1n) is 8.57. The van der Waals surface area contributed by atoms with Gasteiger partial charge >= 0.3 is 0 Å². The zero-order chi connectivity index (χ0) is 16.8. The molecule has 6 heteroatoms. The van der Waals surface area contributed by atoms with Crippen molar-refractivity contribution in [1.82, 2.24) is 20.4 Å². The molecule has 0 unspecified atom stereocenters. The predicted molar refractivity (Wildman–Crippen MR) is 93.9 cm³/mol. The second-order valence-corrected chi connectivity index (χ2v) is 6.07. The molecule has 0 radical (unpaired) electrons. The summed E-state index contributed by atoms with van der Waals surface area (Å²) >= 11 is 0. The Morgan fingerprint density at radius 1 is 1.25 bits per heavy atom. The average Bonchev–Trinajstić information content (AvgIpc) is 3.30. The van der Waals surface area contributed by atoms with Crippen molar-refractivity contribution >= 4 is 5.96 Å². The molecule has 0 spiro atoms. The molecule has 1 aliphatic rings. The van der Waals surface area contributed by atoms with Crippen LogP contribution in [-0.4, -0.2) is 35.4 Å². The summed E-state index contributed by atoms with van der Waals surface area (Å²) in [4.78, 5) is 4.60. The van der Waals surface area contributed by atoms with E-state index < -0.39 is 0 Å². The minimum atomic E-state index is -0.239. The molecule has 24 heavy (non-hydrogen) atoms. The zero-order valence-electron chi connectivity index (χ0n) is 14.0. The van der Waals surface area contributed by atoms with Gasteiger partial charge in [-0.1, -0.05) is 0 Å². The van der Waals surface area contributed by atoms with E-state index in [1.165, 1.54) is 25.0 Å². The number of benzene rings is 1. The van der Waals surface area contributed by atoms with E-state index in [-0.39, 0.29) is 5.82 Å². The van der Waals surface area contributed by atoms with Gasteiger partial charge in [0.1, 0.15) is 5.82 Å². The molecule has 0 amide bonds. The maximum Gasteiger partial charge on any atom is 0.191 e. The van der Waals surface area contributed by atoms with Crippen molar-refractivity contribution in [3.05, 3.63) is 48.0 Å². The SMILES string of the molecule is CCNC(=NCC1CC1)NCCc1ccn(-c2ccc(F)cc2)n1. The van der Waals surface area contributed by atoms with Crippen LogP contribution in [0.1, 0.15) is 25.5 Å². The molecule has 0 atom stereocenters. The van der Waals surface area contributed by atoms with Gasteiger partial charge in [-0.05, 0) is 56.0 Å². The Balaban J connectivity index is 1.50. The van der Waals surface area contributed by atoms with Crippen LogP contribution in [-0.2, 0) is 6.42 Å². The Hall–Kier alpha value is -2.37. The molecule has 128 valence electrons. The number of hydrogen-bond donors (Lipinski definition) is 2. The highest BCUT2D eigenvalue weighted by molar-refractivity contribution is 5.79. The Kier molecular flexibility index (Phi) is 5.46. The van der Waals surface area contributed by atoms with Gasteiger partial charge in [0, 0.05) is 32.3 Å². The number of aliphatic imine (C=N–C) groups is 1. The maximum absolute atomic E-state index is 13.0. The second kappa shape index (κ2) is 7.95. The Morgan fingerprint density at radius 3 is 2.75 bits per heavy atom. The summed E-state index contributed by atoms with van der Waals surface area (Å²) in [5.74, 6) is 1.42. The van der Waals surface area contributed by atoms with Gasteiger partial charge in [0.25, 0.3) is 0 Å². The van der Waals surface area contributed by atoms with Crippen LogP contribution < -0.4 is 10.6 Å². The summed E-state index contributed by atoms with van der Waals surface area (Å²) in [6.45, 7) is 4.61. The van der Waals surface area contributed by atoms with E-state index in [0.717, 1.165) is 49.3 Å². The molecule has 1 aromatic carbocycles. The Labute approximate surface area is 142 Å². The Bertz CT molecular complexity index is 673. The standard InChI is InChI=1S/C18H24FN5/c1-2-20-18(22-13-14-3-4-14)21-11-9-16-10-12-24(23-16)17-7-5-15(19)6-8-17/h5-8,10,12,14H,2-4,9,11,13H2,1H3,(H2,20,21,22). The average molecular weight is 329 g/mol. The topological polar surface area (TPSA) is 54.2 Å². The van der Waals surface area contributed by atoms with Crippen LogP contribution in [0.3, 0.4) is 0 Å². The lowest BCUT2D eigenvalue weighted by Gasteiger charge is -2.10. The normalized spacial score (nSPS) is 14.7. The minimum absolute atomic E-state index is 0.239. The van der Waals surface area contributed by atoms with Crippen LogP contribution >= 0.6 is 0 Å². The van der Waals surface area contributed by atoms with E-state index in [1.807, 2.05) is 12.3 Å². The molecule has 3 rings (SSSR count). The maximum atomic E-state index is 13.0. The number of aromatic nitrogens is 2. The number of hydrogen-bond acceptors (Lipinski definition) is 2. The van der Waals surface area contributed by atoms with E-state index in [4.69, 9.17) is 0 Å². The molecular formula is C18H24FN5. The van der Waals surface area contributed by atoms with E-state index in [1.54, 1.807) is 16.8 Å². The lowest BCUT2D eigenvalue weighted by Crippen LogP contribution is -2.38. The molecule has 1 aromatic heterocycles. The highest BCUT2D eigenvalue weighted by Crippen LogP contribution is 2.28. The van der Waals surface area contributed by atoms with Crippen molar-refractivity contribution in [3.63, 3.8) is 0 Å². The van der Waals surface area contributed by atoms with Crippen molar-refractivity contribution in [2.45, 2.75) is 26.2 Å². The summed E-state index contributed by atoms with van der Waals surface area (Å²) in [5, 5.41) is 11.1. The molecule has 1 fully saturated rings. The summed E-state index contributed by atoms with van der Waals surface area (Å²) in [7, 11) is 0. The van der Waals surface area contributed by atoms with Crippen LogP contribution in [0.15, 0.2) is 41.5 Å². The van der Waals surface area contributed by atoms with Gasteiger partial charge in [0.05, 0.1) is 11.4 Å². The summed E-state index contributed by atoms with van der Waals surface area (Å²) < 4.78 is 14.7. The highest BCUT2D eigenvalue weighted by atomic mass is 19.1. The first kappa shape index (κ1) is 16.5. The van der Waals surface area contributed by atoms with Crippen LogP contribution in [0.4, 0.5) is 4.39 Å². The van der Waals surface area contributed by atoms with Crippen molar-refractivity contribution in [1.29, 1.82) is 0 Å². The van der Waals surface area contributed by atoms with E-state index in [2.05, 4.69) is 27.6 Å². The van der Waals surface area contributed by atoms with Gasteiger partial charge in [-0.2, -0.15) is 5.10 Å². The molecule has 5 nitrogen and oxygen atoms in total. The first-order valence-corrected chi connectivity index (χ1v) is 8.57. The summed E-state index contributed by atoms with van der Waals surface area (Å²) in [6, 6.07) is 8.31. The van der Waals surface area contributed by atoms with Gasteiger partial charge in [-0.15, -0.1) is 0 Å². The quantitative estimate of drug-likeness (QED) is 0.606. The lowest BCUT2D eigenvalue weighted by molar-refractivity contribution is 0.627. The monoisotopic (exact) mass is 329 g/mol. The van der Waals surface area contributed by atoms with Crippen LogP contribution in [0.5, 0.6) is 0 Å². The van der Waals surface area contributed by atoms with Crippen molar-refractivity contribution < 1.29 is 4.39 Å². The smallest absolute Gasteiger partial charge is 0.191 e. The summed E-state index contributed by atoms with van der Waals surface area (Å²) in [6.07, 6.45) is 5.32. The molecule has 0 aliphatic heterocycles. The third kappa shape index (κ3) is 4.81. The molecule has 2 aromatic rings. The van der Waals surface area contributed by atoms with Gasteiger partial charge < -0.3 is 10.6 Å². The minimum Gasteiger partial charge on any atom is -0.357 e. The molecule has 1 aliphatic carbocycles. The molecule has 0 saturated heterocycles. The van der Waals surface area contributed by atoms with Crippen molar-refractivity contribution in [2.24, 2.45) is 10.9 Å². The highest BCUT2D eigenvalue weighted by Gasteiger charge is 2.20.